The van der Waals surface area contributed by atoms with E-state index in [2.05, 4.69) is 10.3 Å². The van der Waals surface area contributed by atoms with Crippen LogP contribution in [0.5, 0.6) is 0 Å². The van der Waals surface area contributed by atoms with Gasteiger partial charge in [0.2, 0.25) is 0 Å². The maximum atomic E-state index is 6.27. The van der Waals surface area contributed by atoms with Crippen LogP contribution in [0.4, 0.5) is 0 Å². The summed E-state index contributed by atoms with van der Waals surface area (Å²) in [5.74, 6) is 0.359. The number of fused-ring (bicyclic) bond motifs is 1. The summed E-state index contributed by atoms with van der Waals surface area (Å²) in [5.41, 5.74) is 1.94. The van der Waals surface area contributed by atoms with Crippen LogP contribution in [0.1, 0.15) is 25.1 Å². The van der Waals surface area contributed by atoms with E-state index in [0.29, 0.717) is 13.2 Å². The normalized spacial score (nSPS) is 29.4. The Morgan fingerprint density at radius 1 is 0.943 bits per heavy atom. The Kier molecular flexibility index (Phi) is 9.41. The van der Waals surface area contributed by atoms with Gasteiger partial charge in [0.15, 0.2) is 12.1 Å². The maximum Gasteiger partial charge on any atom is 2.00 e. The minimum absolute atomic E-state index is 0. The van der Waals surface area contributed by atoms with Gasteiger partial charge in [-0.3, -0.25) is 0 Å². The number of hydrogen-bond acceptors (Lipinski definition) is 6. The second-order valence-corrected chi connectivity index (χ2v) is 8.87. The quantitative estimate of drug-likeness (QED) is 0.549. The third-order valence-electron chi connectivity index (χ3n) is 5.79. The van der Waals surface area contributed by atoms with Crippen LogP contribution in [0.25, 0.3) is 0 Å². The zero-order chi connectivity index (χ0) is 23.4. The molecule has 3 heterocycles. The summed E-state index contributed by atoms with van der Waals surface area (Å²) in [6.07, 6.45) is 18.7. The Labute approximate surface area is 219 Å². The van der Waals surface area contributed by atoms with E-state index in [1.807, 2.05) is 108 Å². The first-order valence-electron chi connectivity index (χ1n) is 11.5. The number of aromatic nitrogens is 3. The van der Waals surface area contributed by atoms with Gasteiger partial charge < -0.3 is 18.9 Å². The molecule has 1 aromatic heterocycles. The average Bonchev–Trinajstić information content (AvgIpc) is 3.63. The monoisotopic (exact) mass is 515 g/mol. The van der Waals surface area contributed by atoms with Crippen LogP contribution in [0.2, 0.25) is 0 Å². The fourth-order valence-corrected chi connectivity index (χ4v) is 4.23. The summed E-state index contributed by atoms with van der Waals surface area (Å²) in [6, 6.07) is 10.1. The summed E-state index contributed by atoms with van der Waals surface area (Å²) in [6.45, 7) is 4.77. The van der Waals surface area contributed by atoms with Crippen molar-refractivity contribution in [2.75, 3.05) is 0 Å². The van der Waals surface area contributed by atoms with E-state index < -0.39 is 12.1 Å². The van der Waals surface area contributed by atoms with Crippen molar-refractivity contribution in [1.82, 2.24) is 15.0 Å². The molecule has 2 aliphatic carbocycles. The van der Waals surface area contributed by atoms with Gasteiger partial charge >= 0.3 is 17.1 Å². The van der Waals surface area contributed by atoms with Gasteiger partial charge in [0.05, 0.1) is 18.8 Å². The summed E-state index contributed by atoms with van der Waals surface area (Å²) in [7, 11) is 0. The topological polar surface area (TPSA) is 67.6 Å². The molecule has 10 radical (unpaired) electrons. The number of hydrogen-bond donors (Lipinski definition) is 0. The van der Waals surface area contributed by atoms with Crippen molar-refractivity contribution in [3.8, 4) is 0 Å². The van der Waals surface area contributed by atoms with Crippen LogP contribution in [-0.4, -0.2) is 45.4 Å². The van der Waals surface area contributed by atoms with Gasteiger partial charge in [-0.05, 0) is 77.2 Å². The van der Waals surface area contributed by atoms with E-state index in [0.717, 1.165) is 17.2 Å². The Hall–Kier alpha value is -1.28. The molecule has 4 fully saturated rings. The second-order valence-electron chi connectivity index (χ2n) is 8.87. The van der Waals surface area contributed by atoms with Crippen LogP contribution in [0.3, 0.4) is 0 Å². The molecule has 2 aromatic rings. The molecule has 182 valence electrons. The molecule has 0 N–H and O–H groups in total. The van der Waals surface area contributed by atoms with Gasteiger partial charge in [0.25, 0.3) is 0 Å². The van der Waals surface area contributed by atoms with Crippen LogP contribution in [-0.2, 0) is 49.2 Å². The molecule has 1 aromatic carbocycles. The van der Waals surface area contributed by atoms with E-state index in [4.69, 9.17) is 18.9 Å². The molecular formula is C27H29FeN3O4+2. The van der Waals surface area contributed by atoms with Crippen molar-refractivity contribution in [3.05, 3.63) is 111 Å². The Balaban J connectivity index is 0.000000431. The summed E-state index contributed by atoms with van der Waals surface area (Å²) >= 11 is 0. The number of ether oxygens (including phenoxy) is 4. The molecule has 0 unspecified atom stereocenters. The molecule has 2 saturated carbocycles. The molecule has 2 aliphatic heterocycles. The number of benzene rings is 1. The third-order valence-corrected chi connectivity index (χ3v) is 5.79. The molecule has 35 heavy (non-hydrogen) atoms. The summed E-state index contributed by atoms with van der Waals surface area (Å²) in [4.78, 5) is 0. The van der Waals surface area contributed by atoms with Crippen molar-refractivity contribution in [2.24, 2.45) is 0 Å². The van der Waals surface area contributed by atoms with Gasteiger partial charge in [0, 0.05) is 12.1 Å². The zero-order valence-electron chi connectivity index (χ0n) is 19.7. The van der Waals surface area contributed by atoms with Crippen LogP contribution >= 0.6 is 0 Å². The van der Waals surface area contributed by atoms with E-state index in [1.54, 1.807) is 4.68 Å². The van der Waals surface area contributed by atoms with E-state index in [9.17, 15) is 0 Å². The summed E-state index contributed by atoms with van der Waals surface area (Å²) < 4.78 is 26.2. The molecule has 4 aliphatic rings. The molecule has 7 nitrogen and oxygen atoms in total. The average molecular weight is 515 g/mol. The molecule has 4 atom stereocenters. The fraction of sp³-hybridized carbons (Fsp3) is 0.333. The molecule has 0 bridgehead atoms. The SMILES string of the molecule is CC1(C)O[C@H]2O[C@H](Cn3cc([C]4[CH][CH][CH][CH]4)nn3)[C@H](OCc3ccccc3)[C@H]2O1.[CH]1[CH][CH][CH][CH]1.[Fe+2]. The molecule has 0 spiro atoms. The van der Waals surface area contributed by atoms with Gasteiger partial charge in [-0.15, -0.1) is 5.10 Å². The molecule has 8 heteroatoms. The first kappa shape index (κ1) is 26.8. The third kappa shape index (κ3) is 6.94. The van der Waals surface area contributed by atoms with Gasteiger partial charge in [-0.1, -0.05) is 35.5 Å². The largest absolute Gasteiger partial charge is 2.00 e. The van der Waals surface area contributed by atoms with Crippen LogP contribution in [0, 0.1) is 63.7 Å². The number of nitrogens with zero attached hydrogens (tertiary/aromatic N) is 3. The van der Waals surface area contributed by atoms with Gasteiger partial charge in [-0.25, -0.2) is 4.68 Å². The molecule has 2 saturated heterocycles. The van der Waals surface area contributed by atoms with Crippen LogP contribution < -0.4 is 0 Å². The van der Waals surface area contributed by atoms with Crippen molar-refractivity contribution >= 4 is 0 Å². The van der Waals surface area contributed by atoms with E-state index in [1.165, 1.54) is 0 Å². The minimum Gasteiger partial charge on any atom is -0.368 e. The Bertz CT molecular complexity index is 891. The minimum atomic E-state index is -0.688. The standard InChI is InChI=1S/C22H24N3O4.C5H5.Fe/c1-22(2)28-20-19(26-14-15-8-4-3-5-9-15)18(27-21(20)29-22)13-25-12-17(23-24-25)16-10-6-7-11-16;1-2-4-5-3-1;/h3-12,18-21H,13-14H2,1-2H3;1-5H;/q;;+2/t18-,19+,20-,21-;;/m1../s1. The first-order chi connectivity index (χ1) is 16.6. The van der Waals surface area contributed by atoms with E-state index >= 15 is 0 Å². The van der Waals surface area contributed by atoms with Crippen molar-refractivity contribution < 1.29 is 36.0 Å². The Morgan fingerprint density at radius 2 is 1.63 bits per heavy atom. The van der Waals surface area contributed by atoms with Crippen molar-refractivity contribution in [1.29, 1.82) is 0 Å². The predicted molar refractivity (Wildman–Crippen MR) is 125 cm³/mol. The van der Waals surface area contributed by atoms with Crippen molar-refractivity contribution in [2.45, 2.75) is 57.4 Å². The van der Waals surface area contributed by atoms with Crippen LogP contribution in [0.15, 0.2) is 36.5 Å². The molecule has 0 amide bonds. The molecular weight excluding hydrogens is 486 g/mol. The van der Waals surface area contributed by atoms with Gasteiger partial charge in [-0.2, -0.15) is 0 Å². The summed E-state index contributed by atoms with van der Waals surface area (Å²) in [5, 5.41) is 8.53. The van der Waals surface area contributed by atoms with E-state index in [-0.39, 0.29) is 35.4 Å². The number of rotatable bonds is 6. The first-order valence-corrected chi connectivity index (χ1v) is 11.5. The maximum absolute atomic E-state index is 6.27. The predicted octanol–water partition coefficient (Wildman–Crippen LogP) is 3.51. The smallest absolute Gasteiger partial charge is 0.368 e. The molecule has 6 rings (SSSR count). The zero-order valence-corrected chi connectivity index (χ0v) is 20.8. The van der Waals surface area contributed by atoms with Crippen molar-refractivity contribution in [3.63, 3.8) is 0 Å². The fourth-order valence-electron chi connectivity index (χ4n) is 4.23. The van der Waals surface area contributed by atoms with Gasteiger partial charge in [0.1, 0.15) is 18.3 Å². The second kappa shape index (κ2) is 12.3. The Morgan fingerprint density at radius 3 is 2.31 bits per heavy atom.